The second kappa shape index (κ2) is 10.1. The highest BCUT2D eigenvalue weighted by Gasteiger charge is 2.10. The van der Waals surface area contributed by atoms with Crippen molar-refractivity contribution in [1.29, 1.82) is 0 Å². The molecule has 0 N–H and O–H groups in total. The van der Waals surface area contributed by atoms with Crippen molar-refractivity contribution in [2.24, 2.45) is 0 Å². The number of hydrogen-bond donors (Lipinski definition) is 0. The Morgan fingerprint density at radius 1 is 0.719 bits per heavy atom. The van der Waals surface area contributed by atoms with Crippen molar-refractivity contribution in [1.82, 2.24) is 15.0 Å². The van der Waals surface area contributed by atoms with E-state index in [0.717, 1.165) is 27.8 Å². The SMILES string of the molecule is C=C(/C=C\C(=C/C)c1nc(Br)nc(-c2ccc(-c3ccccc3)cc2)n1)c1ccccc1. The van der Waals surface area contributed by atoms with Gasteiger partial charge in [0.15, 0.2) is 11.6 Å². The maximum atomic E-state index is 4.73. The van der Waals surface area contributed by atoms with Gasteiger partial charge in [-0.2, -0.15) is 0 Å². The Morgan fingerprint density at radius 3 is 1.97 bits per heavy atom. The smallest absolute Gasteiger partial charge is 0.200 e. The van der Waals surface area contributed by atoms with Crippen molar-refractivity contribution in [2.45, 2.75) is 6.92 Å². The molecule has 4 rings (SSSR count). The lowest BCUT2D eigenvalue weighted by molar-refractivity contribution is 0.993. The van der Waals surface area contributed by atoms with E-state index in [4.69, 9.17) is 4.98 Å². The van der Waals surface area contributed by atoms with Crippen LogP contribution < -0.4 is 0 Å². The van der Waals surface area contributed by atoms with E-state index in [-0.39, 0.29) is 0 Å². The van der Waals surface area contributed by atoms with Crippen molar-refractivity contribution >= 4 is 27.1 Å². The Hall–Kier alpha value is -3.63. The molecule has 0 aliphatic rings. The van der Waals surface area contributed by atoms with Crippen LogP contribution in [0.2, 0.25) is 0 Å². The lowest BCUT2D eigenvalue weighted by Crippen LogP contribution is -2.00. The maximum Gasteiger partial charge on any atom is 0.200 e. The molecule has 0 radical (unpaired) electrons. The molecule has 1 heterocycles. The summed E-state index contributed by atoms with van der Waals surface area (Å²) in [5.41, 5.74) is 6.16. The molecule has 3 nitrogen and oxygen atoms in total. The van der Waals surface area contributed by atoms with E-state index < -0.39 is 0 Å². The molecule has 32 heavy (non-hydrogen) atoms. The molecule has 0 fully saturated rings. The minimum atomic E-state index is 0.499. The summed E-state index contributed by atoms with van der Waals surface area (Å²) in [7, 11) is 0. The van der Waals surface area contributed by atoms with Gasteiger partial charge in [0, 0.05) is 11.1 Å². The van der Waals surface area contributed by atoms with Gasteiger partial charge in [0.1, 0.15) is 0 Å². The molecule has 1 aromatic heterocycles. The number of halogens is 1. The van der Waals surface area contributed by atoms with Gasteiger partial charge in [-0.1, -0.05) is 110 Å². The zero-order valence-corrected chi connectivity index (χ0v) is 19.3. The van der Waals surface area contributed by atoms with Crippen LogP contribution in [0.4, 0.5) is 0 Å². The summed E-state index contributed by atoms with van der Waals surface area (Å²) in [4.78, 5) is 13.7. The molecule has 0 atom stereocenters. The predicted octanol–water partition coefficient (Wildman–Crippen LogP) is 7.64. The third-order valence-corrected chi connectivity index (χ3v) is 5.39. The average molecular weight is 480 g/mol. The minimum absolute atomic E-state index is 0.499. The standard InChI is InChI=1S/C28H22BrN3/c1-3-21(15-14-20(2)22-10-6-4-7-11-22)26-30-27(32-28(29)31-26)25-18-16-24(17-19-25)23-12-8-5-9-13-23/h3-19H,2H2,1H3/b15-14-,21-3+. The quantitative estimate of drug-likeness (QED) is 0.266. The molecular weight excluding hydrogens is 458 g/mol. The second-order valence-electron chi connectivity index (χ2n) is 7.16. The molecule has 0 unspecified atom stereocenters. The molecule has 0 spiro atoms. The Balaban J connectivity index is 1.60. The number of aromatic nitrogens is 3. The first-order valence-electron chi connectivity index (χ1n) is 10.3. The molecule has 0 amide bonds. The summed E-state index contributed by atoms with van der Waals surface area (Å²) in [5.74, 6) is 1.23. The van der Waals surface area contributed by atoms with E-state index in [1.54, 1.807) is 0 Å². The van der Waals surface area contributed by atoms with E-state index in [1.165, 1.54) is 5.56 Å². The lowest BCUT2D eigenvalue weighted by atomic mass is 10.0. The third kappa shape index (κ3) is 5.16. The molecule has 0 aliphatic heterocycles. The van der Waals surface area contributed by atoms with E-state index in [9.17, 15) is 0 Å². The van der Waals surface area contributed by atoms with Gasteiger partial charge >= 0.3 is 0 Å². The Kier molecular flexibility index (Phi) is 6.83. The number of allylic oxidation sites excluding steroid dienone is 5. The van der Waals surface area contributed by atoms with Crippen LogP contribution in [0.1, 0.15) is 18.3 Å². The van der Waals surface area contributed by atoms with Gasteiger partial charge in [0.05, 0.1) is 0 Å². The average Bonchev–Trinajstić information content (AvgIpc) is 2.85. The zero-order chi connectivity index (χ0) is 22.3. The van der Waals surface area contributed by atoms with Crippen LogP contribution in [0.15, 0.2) is 114 Å². The predicted molar refractivity (Wildman–Crippen MR) is 137 cm³/mol. The number of benzene rings is 3. The molecular formula is C28H22BrN3. The van der Waals surface area contributed by atoms with E-state index in [0.29, 0.717) is 16.4 Å². The highest BCUT2D eigenvalue weighted by atomic mass is 79.9. The fourth-order valence-corrected chi connectivity index (χ4v) is 3.63. The summed E-state index contributed by atoms with van der Waals surface area (Å²) < 4.78 is 0.499. The van der Waals surface area contributed by atoms with Crippen molar-refractivity contribution in [3.63, 3.8) is 0 Å². The number of rotatable bonds is 6. The molecule has 0 bridgehead atoms. The fourth-order valence-electron chi connectivity index (χ4n) is 3.29. The van der Waals surface area contributed by atoms with Crippen molar-refractivity contribution in [3.8, 4) is 22.5 Å². The Labute approximate surface area is 197 Å². The topological polar surface area (TPSA) is 38.7 Å². The molecule has 0 aliphatic carbocycles. The minimum Gasteiger partial charge on any atom is -0.208 e. The van der Waals surface area contributed by atoms with Crippen LogP contribution in [0, 0.1) is 0 Å². The summed E-state index contributed by atoms with van der Waals surface area (Å²) in [6, 6.07) is 28.6. The van der Waals surface area contributed by atoms with E-state index in [2.05, 4.69) is 56.7 Å². The van der Waals surface area contributed by atoms with Crippen LogP contribution in [0.3, 0.4) is 0 Å². The zero-order valence-electron chi connectivity index (χ0n) is 17.7. The first-order valence-corrected chi connectivity index (χ1v) is 11.1. The molecule has 156 valence electrons. The van der Waals surface area contributed by atoms with Crippen molar-refractivity contribution in [3.05, 3.63) is 126 Å². The summed E-state index contributed by atoms with van der Waals surface area (Å²) in [6.45, 7) is 6.13. The third-order valence-electron chi connectivity index (χ3n) is 5.04. The summed E-state index contributed by atoms with van der Waals surface area (Å²) in [5, 5.41) is 0. The molecule has 4 aromatic rings. The second-order valence-corrected chi connectivity index (χ2v) is 7.87. The van der Waals surface area contributed by atoms with Crippen LogP contribution >= 0.6 is 15.9 Å². The van der Waals surface area contributed by atoms with Crippen molar-refractivity contribution in [2.75, 3.05) is 0 Å². The van der Waals surface area contributed by atoms with E-state index in [1.807, 2.05) is 85.8 Å². The maximum absolute atomic E-state index is 4.73. The van der Waals surface area contributed by atoms with Crippen LogP contribution in [-0.4, -0.2) is 15.0 Å². The van der Waals surface area contributed by atoms with Crippen LogP contribution in [0.25, 0.3) is 33.7 Å². The summed E-state index contributed by atoms with van der Waals surface area (Å²) >= 11 is 3.44. The number of nitrogens with zero attached hydrogens (tertiary/aromatic N) is 3. The lowest BCUT2D eigenvalue weighted by Gasteiger charge is -2.07. The van der Waals surface area contributed by atoms with Gasteiger partial charge in [0.25, 0.3) is 0 Å². The van der Waals surface area contributed by atoms with E-state index >= 15 is 0 Å². The van der Waals surface area contributed by atoms with Gasteiger partial charge in [-0.05, 0) is 45.1 Å². The Bertz CT molecular complexity index is 1280. The van der Waals surface area contributed by atoms with Gasteiger partial charge in [0.2, 0.25) is 4.73 Å². The molecule has 0 saturated heterocycles. The van der Waals surface area contributed by atoms with Crippen LogP contribution in [-0.2, 0) is 0 Å². The fraction of sp³-hybridized carbons (Fsp3) is 0.0357. The summed E-state index contributed by atoms with van der Waals surface area (Å²) in [6.07, 6.45) is 5.95. The number of hydrogen-bond acceptors (Lipinski definition) is 3. The van der Waals surface area contributed by atoms with Gasteiger partial charge in [-0.3, -0.25) is 0 Å². The van der Waals surface area contributed by atoms with Crippen LogP contribution in [0.5, 0.6) is 0 Å². The van der Waals surface area contributed by atoms with Gasteiger partial charge < -0.3 is 0 Å². The monoisotopic (exact) mass is 479 g/mol. The van der Waals surface area contributed by atoms with Gasteiger partial charge in [-0.15, -0.1) is 0 Å². The highest BCUT2D eigenvalue weighted by molar-refractivity contribution is 9.10. The highest BCUT2D eigenvalue weighted by Crippen LogP contribution is 2.25. The first kappa shape index (κ1) is 21.6. The molecule has 4 heteroatoms. The molecule has 0 saturated carbocycles. The molecule has 3 aromatic carbocycles. The Morgan fingerprint density at radius 2 is 1.31 bits per heavy atom. The largest absolute Gasteiger partial charge is 0.208 e. The normalized spacial score (nSPS) is 11.6. The van der Waals surface area contributed by atoms with Gasteiger partial charge in [-0.25, -0.2) is 15.0 Å². The van der Waals surface area contributed by atoms with Crippen molar-refractivity contribution < 1.29 is 0 Å². The first-order chi connectivity index (χ1) is 15.6.